The van der Waals surface area contributed by atoms with E-state index in [4.69, 9.17) is 9.94 Å². The normalized spacial score (nSPS) is 10.8. The van der Waals surface area contributed by atoms with Crippen LogP contribution in [0.5, 0.6) is 5.75 Å². The lowest BCUT2D eigenvalue weighted by Gasteiger charge is -2.08. The molecule has 1 aromatic carbocycles. The van der Waals surface area contributed by atoms with Crippen molar-refractivity contribution in [2.75, 3.05) is 7.11 Å². The number of halogens is 1. The Hall–Kier alpha value is -2.60. The van der Waals surface area contributed by atoms with E-state index >= 15 is 0 Å². The van der Waals surface area contributed by atoms with Crippen LogP contribution in [0.2, 0.25) is 0 Å². The van der Waals surface area contributed by atoms with Crippen molar-refractivity contribution in [2.24, 2.45) is 0 Å². The van der Waals surface area contributed by atoms with Crippen molar-refractivity contribution in [1.29, 1.82) is 0 Å². The van der Waals surface area contributed by atoms with Crippen molar-refractivity contribution in [1.82, 2.24) is 10.0 Å². The number of methoxy groups -OCH3 is 1. The largest absolute Gasteiger partial charge is 0.494 e. The third kappa shape index (κ3) is 3.70. The number of amides is 1. The topological polar surface area (TPSA) is 63.5 Å². The van der Waals surface area contributed by atoms with Gasteiger partial charge in [0.25, 0.3) is 5.91 Å². The molecular formula is C15H15FN2O3. The Morgan fingerprint density at radius 1 is 1.48 bits per heavy atom. The highest BCUT2D eigenvalue weighted by Gasteiger charge is 2.05. The number of hydrogen-bond acceptors (Lipinski definition) is 3. The molecule has 0 spiro atoms. The molecule has 2 rings (SSSR count). The number of benzene rings is 1. The van der Waals surface area contributed by atoms with Crippen LogP contribution in [0.4, 0.5) is 4.39 Å². The molecule has 2 aromatic rings. The zero-order valence-corrected chi connectivity index (χ0v) is 11.4. The number of carbonyl (C=O) groups is 1. The molecule has 0 aliphatic heterocycles. The molecule has 6 heteroatoms. The number of hydrogen-bond donors (Lipinski definition) is 2. The smallest absolute Gasteiger partial charge is 0.267 e. The maximum Gasteiger partial charge on any atom is 0.267 e. The first-order chi connectivity index (χ1) is 10.1. The van der Waals surface area contributed by atoms with Crippen LogP contribution in [-0.4, -0.2) is 22.8 Å². The van der Waals surface area contributed by atoms with E-state index in [9.17, 15) is 9.18 Å². The molecular weight excluding hydrogens is 275 g/mol. The Morgan fingerprint density at radius 3 is 2.95 bits per heavy atom. The molecule has 0 fully saturated rings. The van der Waals surface area contributed by atoms with E-state index in [0.717, 1.165) is 11.3 Å². The zero-order valence-electron chi connectivity index (χ0n) is 11.4. The maximum atomic E-state index is 13.7. The first-order valence-corrected chi connectivity index (χ1v) is 6.23. The van der Waals surface area contributed by atoms with Gasteiger partial charge in [0.1, 0.15) is 0 Å². The molecule has 1 aromatic heterocycles. The van der Waals surface area contributed by atoms with Crippen molar-refractivity contribution in [3.05, 3.63) is 59.7 Å². The van der Waals surface area contributed by atoms with Gasteiger partial charge in [-0.3, -0.25) is 10.0 Å². The molecule has 0 atom stereocenters. The van der Waals surface area contributed by atoms with E-state index in [1.165, 1.54) is 24.7 Å². The van der Waals surface area contributed by atoms with Crippen LogP contribution in [-0.2, 0) is 11.3 Å². The van der Waals surface area contributed by atoms with Crippen molar-refractivity contribution in [3.8, 4) is 5.75 Å². The lowest BCUT2D eigenvalue weighted by molar-refractivity contribution is -0.124. The van der Waals surface area contributed by atoms with Crippen molar-refractivity contribution >= 4 is 12.0 Å². The molecule has 2 N–H and O–H groups in total. The van der Waals surface area contributed by atoms with Crippen LogP contribution in [0.1, 0.15) is 11.3 Å². The molecule has 1 heterocycles. The second-order valence-electron chi connectivity index (χ2n) is 4.34. The first kappa shape index (κ1) is 14.8. The second-order valence-corrected chi connectivity index (χ2v) is 4.34. The van der Waals surface area contributed by atoms with Gasteiger partial charge in [0.2, 0.25) is 0 Å². The third-order valence-electron chi connectivity index (χ3n) is 2.95. The number of aromatic nitrogens is 1. The van der Waals surface area contributed by atoms with Gasteiger partial charge in [-0.2, -0.15) is 0 Å². The Kier molecular flexibility index (Phi) is 4.73. The van der Waals surface area contributed by atoms with Gasteiger partial charge in [-0.15, -0.1) is 0 Å². The molecule has 110 valence electrons. The van der Waals surface area contributed by atoms with Crippen LogP contribution in [0.25, 0.3) is 6.08 Å². The fourth-order valence-corrected chi connectivity index (χ4v) is 1.93. The van der Waals surface area contributed by atoms with Gasteiger partial charge >= 0.3 is 0 Å². The average Bonchev–Trinajstić information content (AvgIpc) is 2.92. The molecule has 0 aliphatic rings. The van der Waals surface area contributed by atoms with Gasteiger partial charge in [-0.05, 0) is 35.9 Å². The summed E-state index contributed by atoms with van der Waals surface area (Å²) in [6, 6.07) is 8.38. The summed E-state index contributed by atoms with van der Waals surface area (Å²) < 4.78 is 20.4. The van der Waals surface area contributed by atoms with Gasteiger partial charge in [0.15, 0.2) is 11.6 Å². The molecule has 0 unspecified atom stereocenters. The minimum atomic E-state index is -0.613. The summed E-state index contributed by atoms with van der Waals surface area (Å²) in [7, 11) is 1.42. The number of hydroxylamine groups is 1. The highest BCUT2D eigenvalue weighted by Crippen LogP contribution is 2.19. The summed E-state index contributed by atoms with van der Waals surface area (Å²) in [5.74, 6) is -0.830. The lowest BCUT2D eigenvalue weighted by Crippen LogP contribution is -2.15. The van der Waals surface area contributed by atoms with E-state index in [2.05, 4.69) is 0 Å². The van der Waals surface area contributed by atoms with E-state index in [1.54, 1.807) is 24.3 Å². The first-order valence-electron chi connectivity index (χ1n) is 6.23. The highest BCUT2D eigenvalue weighted by molar-refractivity contribution is 5.90. The Morgan fingerprint density at radius 2 is 2.29 bits per heavy atom. The summed E-state index contributed by atoms with van der Waals surface area (Å²) in [6.07, 6.45) is 4.59. The van der Waals surface area contributed by atoms with Gasteiger partial charge in [-0.1, -0.05) is 6.07 Å². The third-order valence-corrected chi connectivity index (χ3v) is 2.95. The molecule has 0 saturated carbocycles. The molecule has 0 radical (unpaired) electrons. The fourth-order valence-electron chi connectivity index (χ4n) is 1.93. The Bertz CT molecular complexity index is 665. The zero-order chi connectivity index (χ0) is 15.2. The molecule has 1 amide bonds. The maximum absolute atomic E-state index is 13.7. The van der Waals surface area contributed by atoms with Gasteiger partial charge in [0, 0.05) is 24.5 Å². The van der Waals surface area contributed by atoms with Crippen LogP contribution in [0.3, 0.4) is 0 Å². The SMILES string of the molecule is COc1ccc(Cn2cccc2C=CC(=O)NO)cc1F. The van der Waals surface area contributed by atoms with E-state index < -0.39 is 11.7 Å². The van der Waals surface area contributed by atoms with Crippen LogP contribution >= 0.6 is 0 Å². The van der Waals surface area contributed by atoms with Crippen LogP contribution < -0.4 is 10.2 Å². The monoisotopic (exact) mass is 290 g/mol. The van der Waals surface area contributed by atoms with Crippen molar-refractivity contribution in [3.63, 3.8) is 0 Å². The minimum Gasteiger partial charge on any atom is -0.494 e. The summed E-state index contributed by atoms with van der Waals surface area (Å²) in [5.41, 5.74) is 3.05. The Labute approximate surface area is 121 Å². The number of nitrogens with zero attached hydrogens (tertiary/aromatic N) is 1. The number of rotatable bonds is 5. The molecule has 5 nitrogen and oxygen atoms in total. The molecule has 21 heavy (non-hydrogen) atoms. The highest BCUT2D eigenvalue weighted by atomic mass is 19.1. The average molecular weight is 290 g/mol. The predicted molar refractivity (Wildman–Crippen MR) is 75.4 cm³/mol. The van der Waals surface area contributed by atoms with Crippen LogP contribution in [0, 0.1) is 5.82 Å². The van der Waals surface area contributed by atoms with E-state index in [1.807, 2.05) is 16.8 Å². The number of carbonyl (C=O) groups excluding carboxylic acids is 1. The minimum absolute atomic E-state index is 0.200. The number of nitrogens with one attached hydrogen (secondary N) is 1. The van der Waals surface area contributed by atoms with Crippen molar-refractivity contribution < 1.29 is 19.1 Å². The van der Waals surface area contributed by atoms with E-state index in [-0.39, 0.29) is 5.75 Å². The summed E-state index contributed by atoms with van der Waals surface area (Å²) in [6.45, 7) is 0.453. The van der Waals surface area contributed by atoms with Crippen molar-refractivity contribution in [2.45, 2.75) is 6.54 Å². The van der Waals surface area contributed by atoms with Gasteiger partial charge in [0.05, 0.1) is 7.11 Å². The second kappa shape index (κ2) is 6.71. The summed E-state index contributed by atoms with van der Waals surface area (Å²) >= 11 is 0. The molecule has 0 saturated heterocycles. The van der Waals surface area contributed by atoms with Crippen LogP contribution in [0.15, 0.2) is 42.6 Å². The number of ether oxygens (including phenoxy) is 1. The molecule has 0 aliphatic carbocycles. The molecule has 0 bridgehead atoms. The quantitative estimate of drug-likeness (QED) is 0.504. The summed E-state index contributed by atoms with van der Waals surface area (Å²) in [5, 5.41) is 8.44. The van der Waals surface area contributed by atoms with E-state index in [0.29, 0.717) is 6.54 Å². The standard InChI is InChI=1S/C15H15FN2O3/c1-21-14-6-4-11(9-13(14)16)10-18-8-2-3-12(18)5-7-15(19)17-20/h2-9,20H,10H2,1H3,(H,17,19). The lowest BCUT2D eigenvalue weighted by atomic mass is 10.2. The van der Waals surface area contributed by atoms with Gasteiger partial charge < -0.3 is 9.30 Å². The fraction of sp³-hybridized carbons (Fsp3) is 0.133. The predicted octanol–water partition coefficient (Wildman–Crippen LogP) is 2.20. The summed E-state index contributed by atoms with van der Waals surface area (Å²) in [4.78, 5) is 11.0. The van der Waals surface area contributed by atoms with Gasteiger partial charge in [-0.25, -0.2) is 9.87 Å². The Balaban J connectivity index is 2.17.